The topological polar surface area (TPSA) is 72.8 Å². The Kier molecular flexibility index (Phi) is 2.91. The highest BCUT2D eigenvalue weighted by atomic mass is 16.1. The number of aromatic amines is 1. The van der Waals surface area contributed by atoms with E-state index in [0.717, 1.165) is 12.8 Å². The van der Waals surface area contributed by atoms with E-state index in [-0.39, 0.29) is 5.56 Å². The molecule has 1 fully saturated rings. The number of nitrogens with one attached hydrogen (secondary N) is 1. The number of nitrogens with zero attached hydrogens (tertiary/aromatic N) is 3. The molecule has 0 spiro atoms. The van der Waals surface area contributed by atoms with Gasteiger partial charge in [-0.1, -0.05) is 0 Å². The Morgan fingerprint density at radius 2 is 2.44 bits per heavy atom. The molecule has 1 N–H and O–H groups in total. The van der Waals surface area contributed by atoms with Crippen LogP contribution in [-0.4, -0.2) is 22.6 Å². The lowest BCUT2D eigenvalue weighted by atomic mass is 10.3. The van der Waals surface area contributed by atoms with Crippen LogP contribution in [0.5, 0.6) is 0 Å². The summed E-state index contributed by atoms with van der Waals surface area (Å²) in [6.45, 7) is 2.41. The first-order chi connectivity index (χ1) is 7.70. The van der Waals surface area contributed by atoms with Crippen LogP contribution >= 0.6 is 0 Å². The fourth-order valence-corrected chi connectivity index (χ4v) is 1.75. The molecule has 1 aromatic rings. The lowest BCUT2D eigenvalue weighted by molar-refractivity contribution is 0.769. The van der Waals surface area contributed by atoms with Crippen LogP contribution in [0.2, 0.25) is 0 Å². The van der Waals surface area contributed by atoms with Crippen molar-refractivity contribution in [3.63, 3.8) is 0 Å². The molecule has 0 aromatic carbocycles. The summed E-state index contributed by atoms with van der Waals surface area (Å²) in [7, 11) is 0. The second-order valence-corrected chi connectivity index (χ2v) is 4.02. The van der Waals surface area contributed by atoms with Crippen LogP contribution in [0.25, 0.3) is 0 Å². The number of nitriles is 1. The van der Waals surface area contributed by atoms with E-state index < -0.39 is 0 Å². The highest BCUT2D eigenvalue weighted by Gasteiger charge is 2.29. The molecule has 0 unspecified atom stereocenters. The van der Waals surface area contributed by atoms with Crippen LogP contribution in [0.3, 0.4) is 0 Å². The van der Waals surface area contributed by atoms with Crippen molar-refractivity contribution in [2.45, 2.75) is 32.2 Å². The Morgan fingerprint density at radius 1 is 1.69 bits per heavy atom. The Morgan fingerprint density at radius 3 is 3.00 bits per heavy atom. The van der Waals surface area contributed by atoms with Crippen molar-refractivity contribution in [2.24, 2.45) is 0 Å². The van der Waals surface area contributed by atoms with E-state index in [4.69, 9.17) is 5.26 Å². The largest absolute Gasteiger partial charge is 0.352 e. The molecule has 1 aromatic heterocycles. The first-order valence-electron chi connectivity index (χ1n) is 5.42. The van der Waals surface area contributed by atoms with E-state index in [2.05, 4.69) is 20.9 Å². The van der Waals surface area contributed by atoms with Gasteiger partial charge in [-0.2, -0.15) is 5.26 Å². The van der Waals surface area contributed by atoms with Crippen LogP contribution in [0.1, 0.15) is 25.1 Å². The molecule has 5 heteroatoms. The van der Waals surface area contributed by atoms with Gasteiger partial charge in [0.1, 0.15) is 11.6 Å². The first kappa shape index (κ1) is 10.7. The molecule has 0 bridgehead atoms. The van der Waals surface area contributed by atoms with E-state index in [9.17, 15) is 4.79 Å². The predicted octanol–water partition coefficient (Wildman–Crippen LogP) is 0.961. The molecule has 5 nitrogen and oxygen atoms in total. The second kappa shape index (κ2) is 4.35. The van der Waals surface area contributed by atoms with Gasteiger partial charge < -0.3 is 9.88 Å². The highest BCUT2D eigenvalue weighted by Crippen LogP contribution is 2.30. The molecule has 2 rings (SSSR count). The molecule has 0 amide bonds. The Balaban J connectivity index is 2.24. The number of rotatable bonds is 4. The maximum Gasteiger partial charge on any atom is 0.252 e. The van der Waals surface area contributed by atoms with Crippen molar-refractivity contribution in [3.8, 4) is 6.07 Å². The van der Waals surface area contributed by atoms with Gasteiger partial charge in [0, 0.05) is 18.7 Å². The Labute approximate surface area is 93.7 Å². The Bertz CT molecular complexity index is 470. The van der Waals surface area contributed by atoms with E-state index in [0.29, 0.717) is 30.6 Å². The summed E-state index contributed by atoms with van der Waals surface area (Å²) in [6, 6.07) is 4.09. The molecule has 0 radical (unpaired) electrons. The van der Waals surface area contributed by atoms with E-state index in [1.54, 1.807) is 6.92 Å². The summed E-state index contributed by atoms with van der Waals surface area (Å²) < 4.78 is 0. The minimum atomic E-state index is -0.134. The number of hydrogen-bond donors (Lipinski definition) is 1. The van der Waals surface area contributed by atoms with Crippen molar-refractivity contribution in [1.29, 1.82) is 5.26 Å². The van der Waals surface area contributed by atoms with Crippen molar-refractivity contribution in [1.82, 2.24) is 9.97 Å². The van der Waals surface area contributed by atoms with Gasteiger partial charge in [-0.15, -0.1) is 0 Å². The fraction of sp³-hybridized carbons (Fsp3) is 0.545. The van der Waals surface area contributed by atoms with Gasteiger partial charge >= 0.3 is 0 Å². The minimum absolute atomic E-state index is 0.134. The van der Waals surface area contributed by atoms with Gasteiger partial charge in [-0.3, -0.25) is 4.79 Å². The van der Waals surface area contributed by atoms with Gasteiger partial charge in [0.2, 0.25) is 0 Å². The summed E-state index contributed by atoms with van der Waals surface area (Å²) in [5.74, 6) is 1.31. The number of aromatic nitrogens is 2. The monoisotopic (exact) mass is 218 g/mol. The SMILES string of the molecule is Cc1nc(N(CCC#N)C2CC2)cc(=O)[nH]1. The van der Waals surface area contributed by atoms with E-state index in [1.165, 1.54) is 6.07 Å². The fourth-order valence-electron chi connectivity index (χ4n) is 1.75. The molecule has 0 aliphatic heterocycles. The van der Waals surface area contributed by atoms with E-state index >= 15 is 0 Å². The zero-order valence-electron chi connectivity index (χ0n) is 9.23. The third-order valence-electron chi connectivity index (χ3n) is 2.59. The molecule has 0 atom stereocenters. The number of anilines is 1. The maximum atomic E-state index is 11.3. The van der Waals surface area contributed by atoms with Crippen LogP contribution in [0.15, 0.2) is 10.9 Å². The number of hydrogen-bond acceptors (Lipinski definition) is 4. The summed E-state index contributed by atoms with van der Waals surface area (Å²) in [5, 5.41) is 8.61. The average molecular weight is 218 g/mol. The molecule has 1 saturated carbocycles. The molecule has 16 heavy (non-hydrogen) atoms. The summed E-state index contributed by atoms with van der Waals surface area (Å²) >= 11 is 0. The van der Waals surface area contributed by atoms with Crippen molar-refractivity contribution in [3.05, 3.63) is 22.2 Å². The van der Waals surface area contributed by atoms with Crippen molar-refractivity contribution < 1.29 is 0 Å². The standard InChI is InChI=1S/C11H14N4O/c1-8-13-10(7-11(16)14-8)15(6-2-5-12)9-3-4-9/h7,9H,2-4,6H2,1H3,(H,13,14,16). The summed E-state index contributed by atoms with van der Waals surface area (Å²) in [6.07, 6.45) is 2.71. The van der Waals surface area contributed by atoms with Gasteiger partial charge in [0.05, 0.1) is 12.5 Å². The highest BCUT2D eigenvalue weighted by molar-refractivity contribution is 5.40. The molecule has 84 valence electrons. The molecule has 1 aliphatic rings. The lowest BCUT2D eigenvalue weighted by Gasteiger charge is -2.22. The zero-order chi connectivity index (χ0) is 11.5. The quantitative estimate of drug-likeness (QED) is 0.817. The number of H-pyrrole nitrogens is 1. The summed E-state index contributed by atoms with van der Waals surface area (Å²) in [5.41, 5.74) is -0.134. The molecule has 0 saturated heterocycles. The maximum absolute atomic E-state index is 11.3. The molecule has 1 aliphatic carbocycles. The van der Waals surface area contributed by atoms with Crippen LogP contribution in [0, 0.1) is 18.3 Å². The normalized spacial score (nSPS) is 14.5. The van der Waals surface area contributed by atoms with E-state index in [1.807, 2.05) is 0 Å². The van der Waals surface area contributed by atoms with Crippen LogP contribution < -0.4 is 10.5 Å². The third-order valence-corrected chi connectivity index (χ3v) is 2.59. The van der Waals surface area contributed by atoms with Gasteiger partial charge in [0.25, 0.3) is 5.56 Å². The van der Waals surface area contributed by atoms with Gasteiger partial charge in [0.15, 0.2) is 0 Å². The first-order valence-corrected chi connectivity index (χ1v) is 5.42. The average Bonchev–Trinajstić information content (AvgIpc) is 3.01. The second-order valence-electron chi connectivity index (χ2n) is 4.02. The smallest absolute Gasteiger partial charge is 0.252 e. The number of aryl methyl sites for hydroxylation is 1. The Hall–Kier alpha value is -1.83. The third kappa shape index (κ3) is 2.40. The van der Waals surface area contributed by atoms with Gasteiger partial charge in [-0.25, -0.2) is 4.98 Å². The zero-order valence-corrected chi connectivity index (χ0v) is 9.23. The van der Waals surface area contributed by atoms with Crippen LogP contribution in [0.4, 0.5) is 5.82 Å². The molecular weight excluding hydrogens is 204 g/mol. The summed E-state index contributed by atoms with van der Waals surface area (Å²) in [4.78, 5) is 20.3. The van der Waals surface area contributed by atoms with Crippen molar-refractivity contribution >= 4 is 5.82 Å². The molecular formula is C11H14N4O. The van der Waals surface area contributed by atoms with Crippen LogP contribution in [-0.2, 0) is 0 Å². The molecule has 1 heterocycles. The minimum Gasteiger partial charge on any atom is -0.352 e. The lowest BCUT2D eigenvalue weighted by Crippen LogP contribution is -2.29. The predicted molar refractivity (Wildman–Crippen MR) is 60.2 cm³/mol. The van der Waals surface area contributed by atoms with Gasteiger partial charge in [-0.05, 0) is 19.8 Å². The van der Waals surface area contributed by atoms with Crippen molar-refractivity contribution in [2.75, 3.05) is 11.4 Å².